The zero-order chi connectivity index (χ0) is 16.2. The van der Waals surface area contributed by atoms with Crippen LogP contribution in [0, 0.1) is 0 Å². The van der Waals surface area contributed by atoms with Gasteiger partial charge in [-0.05, 0) is 31.0 Å². The number of hydrogen-bond donors (Lipinski definition) is 1. The number of hydrogen-bond acceptors (Lipinski definition) is 4. The fraction of sp³-hybridized carbons (Fsp3) is 0.375. The van der Waals surface area contributed by atoms with E-state index >= 15 is 0 Å². The van der Waals surface area contributed by atoms with Crippen LogP contribution in [0.15, 0.2) is 36.8 Å². The quantitative estimate of drug-likeness (QED) is 0.911. The average molecular weight is 313 g/mol. The molecule has 0 bridgehead atoms. The largest absolute Gasteiger partial charge is 0.354 e. The number of carbonyl (C=O) groups is 2. The molecular weight excluding hydrogens is 294 g/mol. The molecule has 2 aromatic heterocycles. The summed E-state index contributed by atoms with van der Waals surface area (Å²) in [5, 5.41) is 6.72. The molecule has 1 fully saturated rings. The summed E-state index contributed by atoms with van der Waals surface area (Å²) in [6.45, 7) is 1.43. The fourth-order valence-electron chi connectivity index (χ4n) is 2.87. The van der Waals surface area contributed by atoms with Crippen molar-refractivity contribution in [2.45, 2.75) is 25.4 Å². The minimum Gasteiger partial charge on any atom is -0.354 e. The van der Waals surface area contributed by atoms with Gasteiger partial charge in [0.05, 0.1) is 18.2 Å². The van der Waals surface area contributed by atoms with Crippen molar-refractivity contribution in [3.8, 4) is 0 Å². The van der Waals surface area contributed by atoms with E-state index in [2.05, 4.69) is 15.4 Å². The van der Waals surface area contributed by atoms with Crippen molar-refractivity contribution in [1.29, 1.82) is 0 Å². The molecule has 1 aliphatic heterocycles. The Labute approximate surface area is 134 Å². The minimum atomic E-state index is -0.262. The van der Waals surface area contributed by atoms with E-state index in [9.17, 15) is 9.59 Å². The third kappa shape index (κ3) is 3.23. The Morgan fingerprint density at radius 3 is 2.91 bits per heavy atom. The molecule has 2 amide bonds. The molecule has 2 aromatic rings. The van der Waals surface area contributed by atoms with Crippen molar-refractivity contribution in [1.82, 2.24) is 25.0 Å². The molecule has 1 aliphatic rings. The van der Waals surface area contributed by atoms with Gasteiger partial charge in [-0.25, -0.2) is 0 Å². The van der Waals surface area contributed by atoms with Gasteiger partial charge in [0.1, 0.15) is 5.69 Å². The van der Waals surface area contributed by atoms with Gasteiger partial charge in [-0.3, -0.25) is 19.3 Å². The number of carbonyl (C=O) groups excluding carboxylic acids is 2. The molecule has 3 rings (SSSR count). The Hall–Kier alpha value is -2.70. The van der Waals surface area contributed by atoms with E-state index in [0.29, 0.717) is 17.8 Å². The van der Waals surface area contributed by atoms with Crippen LogP contribution >= 0.6 is 0 Å². The summed E-state index contributed by atoms with van der Waals surface area (Å²) in [5.74, 6) is -0.308. The molecule has 1 saturated heterocycles. The van der Waals surface area contributed by atoms with Gasteiger partial charge in [0.25, 0.3) is 11.8 Å². The monoisotopic (exact) mass is 313 g/mol. The van der Waals surface area contributed by atoms with E-state index in [-0.39, 0.29) is 17.9 Å². The van der Waals surface area contributed by atoms with Crippen molar-refractivity contribution in [2.75, 3.05) is 13.6 Å². The zero-order valence-corrected chi connectivity index (χ0v) is 13.0. The van der Waals surface area contributed by atoms with Gasteiger partial charge in [-0.2, -0.15) is 5.10 Å². The van der Waals surface area contributed by atoms with Crippen LogP contribution in [0.2, 0.25) is 0 Å². The normalized spacial score (nSPS) is 17.3. The van der Waals surface area contributed by atoms with Gasteiger partial charge in [0, 0.05) is 32.2 Å². The van der Waals surface area contributed by atoms with Crippen molar-refractivity contribution >= 4 is 11.8 Å². The van der Waals surface area contributed by atoms with Crippen LogP contribution in [-0.2, 0) is 6.54 Å². The molecule has 7 heteroatoms. The van der Waals surface area contributed by atoms with Gasteiger partial charge >= 0.3 is 0 Å². The highest BCUT2D eigenvalue weighted by Gasteiger charge is 2.30. The number of likely N-dealkylation sites (tertiary alicyclic amines) is 1. The molecule has 1 atom stereocenters. The summed E-state index contributed by atoms with van der Waals surface area (Å²) in [6.07, 6.45) is 7.07. The molecular formula is C16H19N5O2. The topological polar surface area (TPSA) is 80.1 Å². The molecule has 0 radical (unpaired) electrons. The summed E-state index contributed by atoms with van der Waals surface area (Å²) in [6, 6.07) is 5.25. The average Bonchev–Trinajstić information content (AvgIpc) is 3.26. The van der Waals surface area contributed by atoms with Crippen molar-refractivity contribution in [3.63, 3.8) is 0 Å². The van der Waals surface area contributed by atoms with Crippen LogP contribution in [0.5, 0.6) is 0 Å². The highest BCUT2D eigenvalue weighted by Crippen LogP contribution is 2.21. The van der Waals surface area contributed by atoms with E-state index < -0.39 is 0 Å². The Morgan fingerprint density at radius 1 is 1.39 bits per heavy atom. The molecule has 0 saturated carbocycles. The third-order valence-corrected chi connectivity index (χ3v) is 4.07. The lowest BCUT2D eigenvalue weighted by molar-refractivity contribution is 0.0720. The predicted octanol–water partition coefficient (Wildman–Crippen LogP) is 0.942. The van der Waals surface area contributed by atoms with Gasteiger partial charge < -0.3 is 10.2 Å². The third-order valence-electron chi connectivity index (χ3n) is 4.07. The van der Waals surface area contributed by atoms with Gasteiger partial charge in [-0.15, -0.1) is 0 Å². The Kier molecular flexibility index (Phi) is 4.36. The summed E-state index contributed by atoms with van der Waals surface area (Å²) < 4.78 is 1.85. The Morgan fingerprint density at radius 2 is 2.26 bits per heavy atom. The summed E-state index contributed by atoms with van der Waals surface area (Å²) in [4.78, 5) is 30.1. The second-order valence-electron chi connectivity index (χ2n) is 5.53. The van der Waals surface area contributed by atoms with Crippen LogP contribution < -0.4 is 5.32 Å². The number of aromatic nitrogens is 3. The number of nitrogens with one attached hydrogen (secondary N) is 1. The lowest BCUT2D eigenvalue weighted by Crippen LogP contribution is -2.38. The van der Waals surface area contributed by atoms with E-state index in [1.54, 1.807) is 25.4 Å². The molecule has 0 aromatic carbocycles. The van der Waals surface area contributed by atoms with E-state index in [4.69, 9.17) is 0 Å². The van der Waals surface area contributed by atoms with Crippen LogP contribution in [0.1, 0.15) is 33.7 Å². The number of rotatable bonds is 4. The highest BCUT2D eigenvalue weighted by atomic mass is 16.2. The summed E-state index contributed by atoms with van der Waals surface area (Å²) >= 11 is 0. The fourth-order valence-corrected chi connectivity index (χ4v) is 2.87. The predicted molar refractivity (Wildman–Crippen MR) is 83.9 cm³/mol. The van der Waals surface area contributed by atoms with E-state index in [0.717, 1.165) is 19.4 Å². The van der Waals surface area contributed by atoms with Crippen molar-refractivity contribution in [2.24, 2.45) is 0 Å². The molecule has 23 heavy (non-hydrogen) atoms. The van der Waals surface area contributed by atoms with E-state index in [1.807, 2.05) is 21.8 Å². The smallest absolute Gasteiger partial charge is 0.269 e. The second kappa shape index (κ2) is 6.60. The molecule has 7 nitrogen and oxygen atoms in total. The number of nitrogens with zero attached hydrogens (tertiary/aromatic N) is 4. The Bertz CT molecular complexity index is 681. The van der Waals surface area contributed by atoms with Crippen molar-refractivity contribution < 1.29 is 9.59 Å². The highest BCUT2D eigenvalue weighted by molar-refractivity contribution is 5.96. The molecule has 120 valence electrons. The second-order valence-corrected chi connectivity index (χ2v) is 5.53. The molecule has 1 N–H and O–H groups in total. The summed E-state index contributed by atoms with van der Waals surface area (Å²) in [5.41, 5.74) is 0.809. The maximum atomic E-state index is 12.7. The first kappa shape index (κ1) is 15.2. The standard InChI is InChI=1S/C16H19N5O2/c1-17-15(22)14-6-5-12(10-18-14)16(23)21-9-2-4-13(21)11-20-8-3-7-19-20/h3,5-8,10,13H,2,4,9,11H2,1H3,(H,17,22)/t13-/m0/s1. The lowest BCUT2D eigenvalue weighted by atomic mass is 10.2. The summed E-state index contributed by atoms with van der Waals surface area (Å²) in [7, 11) is 1.55. The first-order valence-electron chi connectivity index (χ1n) is 7.65. The number of pyridine rings is 1. The van der Waals surface area contributed by atoms with Crippen LogP contribution in [0.4, 0.5) is 0 Å². The van der Waals surface area contributed by atoms with E-state index in [1.165, 1.54) is 6.20 Å². The van der Waals surface area contributed by atoms with Gasteiger partial charge in [0.15, 0.2) is 0 Å². The van der Waals surface area contributed by atoms with Crippen molar-refractivity contribution in [3.05, 3.63) is 48.0 Å². The van der Waals surface area contributed by atoms with Crippen LogP contribution in [-0.4, -0.2) is 51.1 Å². The van der Waals surface area contributed by atoms with Crippen LogP contribution in [0.3, 0.4) is 0 Å². The Balaban J connectivity index is 1.72. The molecule has 0 spiro atoms. The molecule has 0 unspecified atom stereocenters. The molecule has 0 aliphatic carbocycles. The maximum Gasteiger partial charge on any atom is 0.269 e. The maximum absolute atomic E-state index is 12.7. The van der Waals surface area contributed by atoms with Gasteiger partial charge in [0.2, 0.25) is 0 Å². The van der Waals surface area contributed by atoms with Crippen LogP contribution in [0.25, 0.3) is 0 Å². The lowest BCUT2D eigenvalue weighted by Gasteiger charge is -2.24. The molecule has 3 heterocycles. The SMILES string of the molecule is CNC(=O)c1ccc(C(=O)N2CCC[C@H]2Cn2cccn2)cn1. The first-order chi connectivity index (χ1) is 11.2. The zero-order valence-electron chi connectivity index (χ0n) is 13.0. The number of amides is 2. The first-order valence-corrected chi connectivity index (χ1v) is 7.65. The van der Waals surface area contributed by atoms with Gasteiger partial charge in [-0.1, -0.05) is 0 Å². The minimum absolute atomic E-state index is 0.0457.